The van der Waals surface area contributed by atoms with Gasteiger partial charge in [0, 0.05) is 5.54 Å². The van der Waals surface area contributed by atoms with Gasteiger partial charge in [-0.1, -0.05) is 45.9 Å². The number of nitrogens with zero attached hydrogens (tertiary/aromatic N) is 1. The summed E-state index contributed by atoms with van der Waals surface area (Å²) in [6.45, 7) is 15.2. The van der Waals surface area contributed by atoms with Crippen molar-refractivity contribution >= 4 is 23.0 Å². The van der Waals surface area contributed by atoms with Gasteiger partial charge in [0.2, 0.25) is 0 Å². The fourth-order valence-corrected chi connectivity index (χ4v) is 3.61. The molecule has 4 heteroatoms. The summed E-state index contributed by atoms with van der Waals surface area (Å²) < 4.78 is 6.16. The van der Waals surface area contributed by atoms with Crippen LogP contribution in [0.5, 0.6) is 11.5 Å². The quantitative estimate of drug-likeness (QED) is 0.591. The maximum Gasteiger partial charge on any atom is 0.171 e. The lowest BCUT2D eigenvalue weighted by atomic mass is 9.89. The molecule has 0 bridgehead atoms. The van der Waals surface area contributed by atoms with Crippen molar-refractivity contribution in [3.63, 3.8) is 0 Å². The number of hydrogen-bond donors (Lipinski definition) is 1. The van der Waals surface area contributed by atoms with Crippen molar-refractivity contribution in [1.82, 2.24) is 0 Å². The first-order valence-corrected chi connectivity index (χ1v) is 9.93. The van der Waals surface area contributed by atoms with Crippen LogP contribution in [0, 0.1) is 0 Å². The Morgan fingerprint density at radius 2 is 1.41 bits per heavy atom. The van der Waals surface area contributed by atoms with Gasteiger partial charge in [-0.2, -0.15) is 0 Å². The van der Waals surface area contributed by atoms with E-state index in [-0.39, 0.29) is 5.54 Å². The average Bonchev–Trinajstić information content (AvgIpc) is 2.54. The van der Waals surface area contributed by atoms with Crippen LogP contribution in [0.4, 0.5) is 5.69 Å². The molecule has 0 aliphatic heterocycles. The molecule has 0 saturated carbocycles. The van der Waals surface area contributed by atoms with Crippen molar-refractivity contribution < 1.29 is 4.74 Å². The van der Waals surface area contributed by atoms with Crippen molar-refractivity contribution in [2.24, 2.45) is 5.73 Å². The maximum absolute atomic E-state index is 6.18. The third kappa shape index (κ3) is 5.01. The van der Waals surface area contributed by atoms with E-state index >= 15 is 0 Å². The van der Waals surface area contributed by atoms with E-state index in [2.05, 4.69) is 65.5 Å². The van der Waals surface area contributed by atoms with Crippen molar-refractivity contribution in [3.05, 3.63) is 53.6 Å². The molecule has 2 N–H and O–H groups in total. The van der Waals surface area contributed by atoms with Crippen LogP contribution in [-0.2, 0) is 0 Å². The van der Waals surface area contributed by atoms with Gasteiger partial charge in [0.25, 0.3) is 0 Å². The van der Waals surface area contributed by atoms with Gasteiger partial charge < -0.3 is 15.4 Å². The minimum Gasteiger partial charge on any atom is -0.457 e. The maximum atomic E-state index is 6.18. The van der Waals surface area contributed by atoms with E-state index < -0.39 is 0 Å². The molecular formula is C23H32N2OS. The molecule has 2 rings (SSSR count). The first kappa shape index (κ1) is 21.2. The molecule has 146 valence electrons. The van der Waals surface area contributed by atoms with Crippen molar-refractivity contribution in [1.29, 1.82) is 0 Å². The molecule has 0 saturated heterocycles. The zero-order valence-corrected chi connectivity index (χ0v) is 18.4. The Morgan fingerprint density at radius 1 is 0.926 bits per heavy atom. The number of ether oxygens (including phenoxy) is 1. The number of benzene rings is 2. The summed E-state index contributed by atoms with van der Waals surface area (Å²) in [5.74, 6) is 2.28. The van der Waals surface area contributed by atoms with Gasteiger partial charge in [-0.25, -0.2) is 0 Å². The SMILES string of the molecule is CC(C)c1cc(Oc2ccccc2)cc(C(C)C)c1N(C(N)=S)C(C)(C)C. The Morgan fingerprint density at radius 3 is 1.78 bits per heavy atom. The highest BCUT2D eigenvalue weighted by molar-refractivity contribution is 7.80. The Kier molecular flexibility index (Phi) is 6.53. The summed E-state index contributed by atoms with van der Waals surface area (Å²) in [6.07, 6.45) is 0. The van der Waals surface area contributed by atoms with Crippen LogP contribution in [0.2, 0.25) is 0 Å². The second kappa shape index (κ2) is 8.30. The van der Waals surface area contributed by atoms with Crippen LogP contribution >= 0.6 is 12.2 Å². The molecule has 0 amide bonds. The number of anilines is 1. The minimum absolute atomic E-state index is 0.221. The fraction of sp³-hybridized carbons (Fsp3) is 0.435. The van der Waals surface area contributed by atoms with E-state index in [0.717, 1.165) is 17.2 Å². The first-order chi connectivity index (χ1) is 12.5. The van der Waals surface area contributed by atoms with Crippen LogP contribution in [0.1, 0.15) is 71.4 Å². The zero-order chi connectivity index (χ0) is 20.4. The number of hydrogen-bond acceptors (Lipinski definition) is 2. The number of nitrogens with two attached hydrogens (primary N) is 1. The molecule has 2 aromatic carbocycles. The molecular weight excluding hydrogens is 352 g/mol. The molecule has 0 atom stereocenters. The van der Waals surface area contributed by atoms with Gasteiger partial charge >= 0.3 is 0 Å². The second-order valence-corrected chi connectivity index (χ2v) is 8.94. The number of thiocarbonyl (C=S) groups is 1. The summed E-state index contributed by atoms with van der Waals surface area (Å²) in [5, 5.41) is 0.392. The van der Waals surface area contributed by atoms with Crippen LogP contribution in [0.3, 0.4) is 0 Å². The van der Waals surface area contributed by atoms with Crippen LogP contribution in [0.25, 0.3) is 0 Å². The Labute approximate surface area is 169 Å². The Balaban J connectivity index is 2.70. The molecule has 0 radical (unpaired) electrons. The number of rotatable bonds is 5. The van der Waals surface area contributed by atoms with Crippen molar-refractivity contribution in [2.45, 2.75) is 65.8 Å². The molecule has 27 heavy (non-hydrogen) atoms. The zero-order valence-electron chi connectivity index (χ0n) is 17.5. The highest BCUT2D eigenvalue weighted by atomic mass is 32.1. The van der Waals surface area contributed by atoms with Gasteiger partial charge in [0.05, 0.1) is 5.69 Å². The Hall–Kier alpha value is -2.07. The van der Waals surface area contributed by atoms with Gasteiger partial charge in [0.15, 0.2) is 5.11 Å². The van der Waals surface area contributed by atoms with E-state index in [1.54, 1.807) is 0 Å². The molecule has 0 aliphatic rings. The molecule has 0 unspecified atom stereocenters. The van der Waals surface area contributed by atoms with Gasteiger partial charge in [0.1, 0.15) is 11.5 Å². The second-order valence-electron chi connectivity index (χ2n) is 8.52. The fourth-order valence-electron chi connectivity index (χ4n) is 3.25. The molecule has 0 aromatic heterocycles. The van der Waals surface area contributed by atoms with Gasteiger partial charge in [-0.15, -0.1) is 0 Å². The summed E-state index contributed by atoms with van der Waals surface area (Å²) in [7, 11) is 0. The van der Waals surface area contributed by atoms with Gasteiger partial charge in [-0.05, 0) is 80.2 Å². The summed E-state index contributed by atoms with van der Waals surface area (Å²) >= 11 is 5.45. The van der Waals surface area contributed by atoms with E-state index in [1.807, 2.05) is 30.3 Å². The summed E-state index contributed by atoms with van der Waals surface area (Å²) in [5.41, 5.74) is 9.45. The lowest BCUT2D eigenvalue weighted by molar-refractivity contribution is 0.479. The molecule has 0 spiro atoms. The third-order valence-electron chi connectivity index (χ3n) is 4.48. The minimum atomic E-state index is -0.221. The average molecular weight is 385 g/mol. The van der Waals surface area contributed by atoms with Crippen molar-refractivity contribution in [2.75, 3.05) is 4.90 Å². The monoisotopic (exact) mass is 384 g/mol. The molecule has 0 heterocycles. The highest BCUT2D eigenvalue weighted by Crippen LogP contribution is 2.42. The van der Waals surface area contributed by atoms with E-state index in [9.17, 15) is 0 Å². The molecule has 2 aromatic rings. The summed E-state index contributed by atoms with van der Waals surface area (Å²) in [4.78, 5) is 2.08. The van der Waals surface area contributed by atoms with Crippen LogP contribution in [0.15, 0.2) is 42.5 Å². The Bertz CT molecular complexity index is 763. The van der Waals surface area contributed by atoms with E-state index in [4.69, 9.17) is 22.7 Å². The summed E-state index contributed by atoms with van der Waals surface area (Å²) in [6, 6.07) is 14.1. The molecule has 3 nitrogen and oxygen atoms in total. The predicted octanol–water partition coefficient (Wildman–Crippen LogP) is 6.57. The third-order valence-corrected chi connectivity index (χ3v) is 4.66. The van der Waals surface area contributed by atoms with Crippen molar-refractivity contribution in [3.8, 4) is 11.5 Å². The topological polar surface area (TPSA) is 38.5 Å². The smallest absolute Gasteiger partial charge is 0.171 e. The predicted molar refractivity (Wildman–Crippen MR) is 120 cm³/mol. The standard InChI is InChI=1S/C23H32N2OS/c1-15(2)19-13-18(26-17-11-9-8-10-12-17)14-20(16(3)4)21(19)25(22(24)27)23(5,6)7/h8-16H,1-7H3,(H2,24,27). The van der Waals surface area contributed by atoms with E-state index in [0.29, 0.717) is 16.9 Å². The van der Waals surface area contributed by atoms with Crippen LogP contribution in [-0.4, -0.2) is 10.7 Å². The normalized spacial score (nSPS) is 11.7. The largest absolute Gasteiger partial charge is 0.457 e. The molecule has 0 aliphatic carbocycles. The lowest BCUT2D eigenvalue weighted by Crippen LogP contribution is -2.49. The van der Waals surface area contributed by atoms with Crippen LogP contribution < -0.4 is 15.4 Å². The number of para-hydroxylation sites is 1. The van der Waals surface area contributed by atoms with E-state index in [1.165, 1.54) is 11.1 Å². The molecule has 0 fully saturated rings. The highest BCUT2D eigenvalue weighted by Gasteiger charge is 2.30. The lowest BCUT2D eigenvalue weighted by Gasteiger charge is -2.40. The van der Waals surface area contributed by atoms with Gasteiger partial charge in [-0.3, -0.25) is 0 Å². The first-order valence-electron chi connectivity index (χ1n) is 9.52.